The lowest BCUT2D eigenvalue weighted by molar-refractivity contribution is 0.104. The van der Waals surface area contributed by atoms with Gasteiger partial charge in [0.05, 0.1) is 5.02 Å². The van der Waals surface area contributed by atoms with E-state index in [1.807, 2.05) is 30.3 Å². The van der Waals surface area contributed by atoms with Crippen molar-refractivity contribution in [2.75, 3.05) is 6.61 Å². The first-order valence-electron chi connectivity index (χ1n) is 7.18. The van der Waals surface area contributed by atoms with Gasteiger partial charge in [-0.25, -0.2) is 0 Å². The third kappa shape index (κ3) is 3.48. The molecular weight excluding hydrogens is 342 g/mol. The maximum atomic E-state index is 12.3. The van der Waals surface area contributed by atoms with Crippen LogP contribution in [0, 0.1) is 11.3 Å². The molecule has 0 bridgehead atoms. The van der Waals surface area contributed by atoms with Gasteiger partial charge in [0.15, 0.2) is 12.4 Å². The second-order valence-electron chi connectivity index (χ2n) is 4.95. The smallest absolute Gasteiger partial charge is 0.185 e. The van der Waals surface area contributed by atoms with Gasteiger partial charge in [0, 0.05) is 20.5 Å². The Morgan fingerprint density at radius 3 is 2.67 bits per heavy atom. The van der Waals surface area contributed by atoms with E-state index >= 15 is 0 Å². The number of carbonyl (C=O) groups excluding carboxylic acids is 1. The minimum atomic E-state index is -0.115. The number of carbonyl (C=O) groups is 1. The molecule has 3 rings (SSSR count). The molecular formula is C19H12ClNO2S. The summed E-state index contributed by atoms with van der Waals surface area (Å²) in [5, 5.41) is 10.1. The molecule has 24 heavy (non-hydrogen) atoms. The molecule has 3 aromatic rings. The van der Waals surface area contributed by atoms with E-state index in [2.05, 4.69) is 0 Å². The third-order valence-corrected chi connectivity index (χ3v) is 5.04. The van der Waals surface area contributed by atoms with E-state index in [1.54, 1.807) is 41.7 Å². The lowest BCUT2D eigenvalue weighted by Crippen LogP contribution is -1.96. The van der Waals surface area contributed by atoms with Gasteiger partial charge in [0.2, 0.25) is 0 Å². The SMILES string of the molecule is N#CCOc1ccc(C(=O)/C=C/c2sc3ccccc3c2Cl)cc1. The van der Waals surface area contributed by atoms with Crippen LogP contribution in [0.5, 0.6) is 5.75 Å². The highest BCUT2D eigenvalue weighted by atomic mass is 35.5. The number of fused-ring (bicyclic) bond motifs is 1. The van der Waals surface area contributed by atoms with Gasteiger partial charge in [0.1, 0.15) is 11.8 Å². The standard InChI is InChI=1S/C19H12ClNO2S/c20-19-15-3-1-2-4-17(15)24-18(19)10-9-16(22)13-5-7-14(8-6-13)23-12-11-21/h1-10H,12H2/b10-9+. The number of ether oxygens (including phenoxy) is 1. The Morgan fingerprint density at radius 2 is 1.96 bits per heavy atom. The summed E-state index contributed by atoms with van der Waals surface area (Å²) >= 11 is 7.91. The number of nitriles is 1. The van der Waals surface area contributed by atoms with E-state index in [9.17, 15) is 4.79 Å². The molecule has 0 atom stereocenters. The summed E-state index contributed by atoms with van der Waals surface area (Å²) in [6.45, 7) is -0.0162. The average molecular weight is 354 g/mol. The molecule has 118 valence electrons. The van der Waals surface area contributed by atoms with Crippen molar-refractivity contribution >= 4 is 44.9 Å². The lowest BCUT2D eigenvalue weighted by atomic mass is 10.1. The van der Waals surface area contributed by atoms with Gasteiger partial charge in [0.25, 0.3) is 0 Å². The summed E-state index contributed by atoms with van der Waals surface area (Å²) in [6.07, 6.45) is 3.26. The first kappa shape index (κ1) is 16.3. The quantitative estimate of drug-likeness (QED) is 0.458. The Kier molecular flexibility index (Phi) is 4.95. The van der Waals surface area contributed by atoms with Crippen molar-refractivity contribution in [3.63, 3.8) is 0 Å². The molecule has 1 aromatic heterocycles. The lowest BCUT2D eigenvalue weighted by Gasteiger charge is -2.01. The largest absolute Gasteiger partial charge is 0.479 e. The average Bonchev–Trinajstić information content (AvgIpc) is 2.94. The van der Waals surface area contributed by atoms with Crippen molar-refractivity contribution in [1.82, 2.24) is 0 Å². The summed E-state index contributed by atoms with van der Waals surface area (Å²) in [4.78, 5) is 13.1. The summed E-state index contributed by atoms with van der Waals surface area (Å²) < 4.78 is 6.25. The topological polar surface area (TPSA) is 50.1 Å². The molecule has 2 aromatic carbocycles. The number of hydrogen-bond donors (Lipinski definition) is 0. The number of benzene rings is 2. The molecule has 0 radical (unpaired) electrons. The zero-order chi connectivity index (χ0) is 16.9. The monoisotopic (exact) mass is 353 g/mol. The Labute approximate surface area is 148 Å². The molecule has 0 N–H and O–H groups in total. The predicted octanol–water partition coefficient (Wildman–Crippen LogP) is 5.35. The van der Waals surface area contributed by atoms with Crippen molar-refractivity contribution in [3.8, 4) is 11.8 Å². The predicted molar refractivity (Wildman–Crippen MR) is 97.7 cm³/mol. The molecule has 0 spiro atoms. The number of ketones is 1. The van der Waals surface area contributed by atoms with Gasteiger partial charge in [-0.2, -0.15) is 5.26 Å². The zero-order valence-electron chi connectivity index (χ0n) is 12.5. The second kappa shape index (κ2) is 7.31. The molecule has 5 heteroatoms. The molecule has 0 saturated heterocycles. The van der Waals surface area contributed by atoms with Gasteiger partial charge in [-0.15, -0.1) is 11.3 Å². The highest BCUT2D eigenvalue weighted by Gasteiger charge is 2.08. The van der Waals surface area contributed by atoms with Crippen LogP contribution in [0.15, 0.2) is 54.6 Å². The van der Waals surface area contributed by atoms with Crippen LogP contribution in [-0.4, -0.2) is 12.4 Å². The van der Waals surface area contributed by atoms with Crippen LogP contribution in [0.25, 0.3) is 16.2 Å². The first-order chi connectivity index (χ1) is 11.7. The summed E-state index contributed by atoms with van der Waals surface area (Å²) in [7, 11) is 0. The summed E-state index contributed by atoms with van der Waals surface area (Å²) in [5.74, 6) is 0.444. The molecule has 0 fully saturated rings. The van der Waals surface area contributed by atoms with E-state index in [1.165, 1.54) is 6.08 Å². The van der Waals surface area contributed by atoms with Gasteiger partial charge in [-0.05, 0) is 42.5 Å². The van der Waals surface area contributed by atoms with E-state index in [0.717, 1.165) is 15.0 Å². The van der Waals surface area contributed by atoms with Crippen LogP contribution in [0.3, 0.4) is 0 Å². The normalized spacial score (nSPS) is 10.8. The molecule has 0 aliphatic carbocycles. The molecule has 0 aliphatic rings. The van der Waals surface area contributed by atoms with Crippen LogP contribution in [0.1, 0.15) is 15.2 Å². The minimum Gasteiger partial charge on any atom is -0.479 e. The molecule has 0 amide bonds. The zero-order valence-corrected chi connectivity index (χ0v) is 14.1. The Hall–Kier alpha value is -2.61. The van der Waals surface area contributed by atoms with Gasteiger partial charge < -0.3 is 4.74 Å². The Morgan fingerprint density at radius 1 is 1.21 bits per heavy atom. The van der Waals surface area contributed by atoms with E-state index < -0.39 is 0 Å². The Bertz CT molecular complexity index is 952. The fraction of sp³-hybridized carbons (Fsp3) is 0.0526. The molecule has 0 unspecified atom stereocenters. The first-order valence-corrected chi connectivity index (χ1v) is 8.38. The minimum absolute atomic E-state index is 0.0162. The van der Waals surface area contributed by atoms with Crippen LogP contribution in [-0.2, 0) is 0 Å². The summed E-state index contributed by atoms with van der Waals surface area (Å²) in [6, 6.07) is 16.5. The Balaban J connectivity index is 1.77. The van der Waals surface area contributed by atoms with Crippen molar-refractivity contribution in [3.05, 3.63) is 70.1 Å². The van der Waals surface area contributed by atoms with Crippen LogP contribution >= 0.6 is 22.9 Å². The number of rotatable bonds is 5. The van der Waals surface area contributed by atoms with Crippen molar-refractivity contribution in [2.45, 2.75) is 0 Å². The highest BCUT2D eigenvalue weighted by molar-refractivity contribution is 7.20. The number of nitrogens with zero attached hydrogens (tertiary/aromatic N) is 1. The van der Waals surface area contributed by atoms with E-state index in [0.29, 0.717) is 16.3 Å². The van der Waals surface area contributed by atoms with Crippen molar-refractivity contribution in [1.29, 1.82) is 5.26 Å². The molecule has 0 saturated carbocycles. The van der Waals surface area contributed by atoms with Crippen LogP contribution < -0.4 is 4.74 Å². The number of hydrogen-bond acceptors (Lipinski definition) is 4. The van der Waals surface area contributed by atoms with Gasteiger partial charge >= 0.3 is 0 Å². The molecule has 3 nitrogen and oxygen atoms in total. The number of allylic oxidation sites excluding steroid dienone is 1. The number of thiophene rings is 1. The van der Waals surface area contributed by atoms with Crippen molar-refractivity contribution < 1.29 is 9.53 Å². The fourth-order valence-corrected chi connectivity index (χ4v) is 3.62. The van der Waals surface area contributed by atoms with Crippen LogP contribution in [0.2, 0.25) is 5.02 Å². The summed E-state index contributed by atoms with van der Waals surface area (Å²) in [5.41, 5.74) is 0.549. The highest BCUT2D eigenvalue weighted by Crippen LogP contribution is 2.35. The second-order valence-corrected chi connectivity index (χ2v) is 6.41. The maximum Gasteiger partial charge on any atom is 0.185 e. The van der Waals surface area contributed by atoms with E-state index in [-0.39, 0.29) is 12.4 Å². The van der Waals surface area contributed by atoms with Gasteiger partial charge in [-0.3, -0.25) is 4.79 Å². The number of halogens is 1. The van der Waals surface area contributed by atoms with Crippen LogP contribution in [0.4, 0.5) is 0 Å². The van der Waals surface area contributed by atoms with Gasteiger partial charge in [-0.1, -0.05) is 29.8 Å². The third-order valence-electron chi connectivity index (χ3n) is 3.39. The fourth-order valence-electron chi connectivity index (χ4n) is 2.22. The van der Waals surface area contributed by atoms with Crippen molar-refractivity contribution in [2.24, 2.45) is 0 Å². The van der Waals surface area contributed by atoms with E-state index in [4.69, 9.17) is 21.6 Å². The molecule has 0 aliphatic heterocycles. The maximum absolute atomic E-state index is 12.3. The molecule has 1 heterocycles.